The molecule has 0 bridgehead atoms. The number of hydrogen-bond acceptors (Lipinski definition) is 2. The highest BCUT2D eigenvalue weighted by molar-refractivity contribution is 5.80. The summed E-state index contributed by atoms with van der Waals surface area (Å²) in [6, 6.07) is 14.7. The molecule has 0 aliphatic heterocycles. The highest BCUT2D eigenvalue weighted by atomic mass is 19.1. The summed E-state index contributed by atoms with van der Waals surface area (Å²) in [5, 5.41) is 4.51. The van der Waals surface area contributed by atoms with Gasteiger partial charge in [-0.3, -0.25) is 0 Å². The second-order valence-corrected chi connectivity index (χ2v) is 4.81. The molecule has 0 aliphatic carbocycles. The van der Waals surface area contributed by atoms with Crippen LogP contribution in [0.25, 0.3) is 11.0 Å². The van der Waals surface area contributed by atoms with Crippen molar-refractivity contribution in [1.82, 2.24) is 5.32 Å². The first-order valence-electron chi connectivity index (χ1n) is 6.73. The Morgan fingerprint density at radius 1 is 1.05 bits per heavy atom. The molecule has 0 saturated carbocycles. The minimum Gasteiger partial charge on any atom is -0.464 e. The smallest absolute Gasteiger partial charge is 0.134 e. The van der Waals surface area contributed by atoms with E-state index < -0.39 is 0 Å². The SMILES string of the molecule is Fc1cccc(CCNCc2coc3ccccc23)c1. The Balaban J connectivity index is 1.55. The minimum atomic E-state index is -0.177. The van der Waals surface area contributed by atoms with Crippen molar-refractivity contribution in [3.63, 3.8) is 0 Å². The third-order valence-corrected chi connectivity index (χ3v) is 3.36. The molecule has 20 heavy (non-hydrogen) atoms. The fraction of sp³-hybridized carbons (Fsp3) is 0.176. The molecule has 0 aliphatic rings. The second-order valence-electron chi connectivity index (χ2n) is 4.81. The molecule has 0 unspecified atom stereocenters. The predicted molar refractivity (Wildman–Crippen MR) is 78.0 cm³/mol. The van der Waals surface area contributed by atoms with E-state index in [2.05, 4.69) is 11.4 Å². The molecular formula is C17H16FNO. The Hall–Kier alpha value is -2.13. The summed E-state index contributed by atoms with van der Waals surface area (Å²) >= 11 is 0. The van der Waals surface area contributed by atoms with Gasteiger partial charge >= 0.3 is 0 Å². The van der Waals surface area contributed by atoms with E-state index in [0.717, 1.165) is 41.6 Å². The number of para-hydroxylation sites is 1. The molecule has 1 heterocycles. The van der Waals surface area contributed by atoms with Crippen molar-refractivity contribution in [2.24, 2.45) is 0 Å². The van der Waals surface area contributed by atoms with E-state index in [-0.39, 0.29) is 5.82 Å². The molecule has 3 heteroatoms. The molecule has 1 aromatic heterocycles. The van der Waals surface area contributed by atoms with Crippen molar-refractivity contribution < 1.29 is 8.81 Å². The first kappa shape index (κ1) is 12.9. The highest BCUT2D eigenvalue weighted by Gasteiger charge is 2.04. The molecule has 2 nitrogen and oxygen atoms in total. The molecule has 2 aromatic carbocycles. The molecule has 3 aromatic rings. The molecule has 0 saturated heterocycles. The number of nitrogens with one attached hydrogen (secondary N) is 1. The van der Waals surface area contributed by atoms with Crippen molar-refractivity contribution in [1.29, 1.82) is 0 Å². The normalized spacial score (nSPS) is 11.1. The van der Waals surface area contributed by atoms with Gasteiger partial charge in [0.25, 0.3) is 0 Å². The summed E-state index contributed by atoms with van der Waals surface area (Å²) < 4.78 is 18.5. The van der Waals surface area contributed by atoms with Crippen LogP contribution in [0.2, 0.25) is 0 Å². The molecular weight excluding hydrogens is 253 g/mol. The average Bonchev–Trinajstić information content (AvgIpc) is 2.87. The van der Waals surface area contributed by atoms with Crippen molar-refractivity contribution in [3.8, 4) is 0 Å². The fourth-order valence-electron chi connectivity index (χ4n) is 2.32. The number of rotatable bonds is 5. The molecule has 0 spiro atoms. The first-order chi connectivity index (χ1) is 9.83. The van der Waals surface area contributed by atoms with Crippen LogP contribution < -0.4 is 5.32 Å². The van der Waals surface area contributed by atoms with Gasteiger partial charge in [0.15, 0.2) is 0 Å². The molecule has 0 amide bonds. The Kier molecular flexibility index (Phi) is 3.79. The number of hydrogen-bond donors (Lipinski definition) is 1. The lowest BCUT2D eigenvalue weighted by atomic mass is 10.1. The van der Waals surface area contributed by atoms with Crippen molar-refractivity contribution in [2.45, 2.75) is 13.0 Å². The summed E-state index contributed by atoms with van der Waals surface area (Å²) in [5.41, 5.74) is 3.07. The van der Waals surface area contributed by atoms with Gasteiger partial charge in [-0.05, 0) is 36.7 Å². The van der Waals surface area contributed by atoms with Crippen LogP contribution in [0.3, 0.4) is 0 Å². The van der Waals surface area contributed by atoms with Crippen LogP contribution >= 0.6 is 0 Å². The van der Waals surface area contributed by atoms with Crippen LogP contribution in [-0.4, -0.2) is 6.54 Å². The molecule has 3 rings (SSSR count). The van der Waals surface area contributed by atoms with Gasteiger partial charge in [0.05, 0.1) is 6.26 Å². The van der Waals surface area contributed by atoms with Crippen LogP contribution in [-0.2, 0) is 13.0 Å². The highest BCUT2D eigenvalue weighted by Crippen LogP contribution is 2.20. The number of furan rings is 1. The molecule has 0 fully saturated rings. The van der Waals surface area contributed by atoms with Gasteiger partial charge in [-0.2, -0.15) is 0 Å². The minimum absolute atomic E-state index is 0.177. The Morgan fingerprint density at radius 2 is 1.95 bits per heavy atom. The van der Waals surface area contributed by atoms with Crippen molar-refractivity contribution in [2.75, 3.05) is 6.54 Å². The van der Waals surface area contributed by atoms with Crippen LogP contribution in [0, 0.1) is 5.82 Å². The van der Waals surface area contributed by atoms with Crippen LogP contribution in [0.4, 0.5) is 4.39 Å². The lowest BCUT2D eigenvalue weighted by Gasteiger charge is -2.04. The number of fused-ring (bicyclic) bond motifs is 1. The van der Waals surface area contributed by atoms with Gasteiger partial charge in [0.2, 0.25) is 0 Å². The average molecular weight is 269 g/mol. The molecule has 1 N–H and O–H groups in total. The fourth-order valence-corrected chi connectivity index (χ4v) is 2.32. The van der Waals surface area contributed by atoms with Gasteiger partial charge in [0, 0.05) is 17.5 Å². The van der Waals surface area contributed by atoms with Gasteiger partial charge < -0.3 is 9.73 Å². The topological polar surface area (TPSA) is 25.2 Å². The maximum absolute atomic E-state index is 13.0. The summed E-state index contributed by atoms with van der Waals surface area (Å²) in [5.74, 6) is -0.177. The number of benzene rings is 2. The van der Waals surface area contributed by atoms with Crippen molar-refractivity contribution in [3.05, 3.63) is 71.7 Å². The van der Waals surface area contributed by atoms with Crippen molar-refractivity contribution >= 4 is 11.0 Å². The summed E-state index contributed by atoms with van der Waals surface area (Å²) in [7, 11) is 0. The third-order valence-electron chi connectivity index (χ3n) is 3.36. The van der Waals surface area contributed by atoms with E-state index in [1.807, 2.05) is 24.3 Å². The van der Waals surface area contributed by atoms with Crippen LogP contribution in [0.15, 0.2) is 59.2 Å². The zero-order valence-electron chi connectivity index (χ0n) is 11.1. The largest absolute Gasteiger partial charge is 0.464 e. The predicted octanol–water partition coefficient (Wildman–Crippen LogP) is 3.90. The van der Waals surface area contributed by atoms with E-state index in [9.17, 15) is 4.39 Å². The summed E-state index contributed by atoms with van der Waals surface area (Å²) in [4.78, 5) is 0. The lowest BCUT2D eigenvalue weighted by Crippen LogP contribution is -2.16. The van der Waals surface area contributed by atoms with E-state index in [1.54, 1.807) is 18.4 Å². The van der Waals surface area contributed by atoms with E-state index >= 15 is 0 Å². The second kappa shape index (κ2) is 5.88. The van der Waals surface area contributed by atoms with Crippen LogP contribution in [0.1, 0.15) is 11.1 Å². The van der Waals surface area contributed by atoms with E-state index in [0.29, 0.717) is 0 Å². The molecule has 0 atom stereocenters. The third kappa shape index (κ3) is 2.89. The zero-order chi connectivity index (χ0) is 13.8. The maximum atomic E-state index is 13.0. The summed E-state index contributed by atoms with van der Waals surface area (Å²) in [6.07, 6.45) is 2.60. The quantitative estimate of drug-likeness (QED) is 0.710. The molecule has 0 radical (unpaired) electrons. The van der Waals surface area contributed by atoms with Gasteiger partial charge in [-0.25, -0.2) is 4.39 Å². The molecule has 102 valence electrons. The lowest BCUT2D eigenvalue weighted by molar-refractivity contribution is 0.601. The zero-order valence-corrected chi connectivity index (χ0v) is 11.1. The van der Waals surface area contributed by atoms with E-state index in [4.69, 9.17) is 4.42 Å². The Morgan fingerprint density at radius 3 is 2.85 bits per heavy atom. The van der Waals surface area contributed by atoms with Gasteiger partial charge in [-0.1, -0.05) is 30.3 Å². The number of halogens is 1. The van der Waals surface area contributed by atoms with Crippen LogP contribution in [0.5, 0.6) is 0 Å². The standard InChI is InChI=1S/C17H16FNO/c18-15-5-3-4-13(10-15)8-9-19-11-14-12-20-17-7-2-1-6-16(14)17/h1-7,10,12,19H,8-9,11H2. The Labute approximate surface area is 117 Å². The maximum Gasteiger partial charge on any atom is 0.134 e. The Bertz CT molecular complexity index is 705. The first-order valence-corrected chi connectivity index (χ1v) is 6.73. The van der Waals surface area contributed by atoms with Gasteiger partial charge in [0.1, 0.15) is 11.4 Å². The van der Waals surface area contributed by atoms with E-state index in [1.165, 1.54) is 6.07 Å². The monoisotopic (exact) mass is 269 g/mol. The summed E-state index contributed by atoms with van der Waals surface area (Å²) in [6.45, 7) is 1.56. The van der Waals surface area contributed by atoms with Gasteiger partial charge in [-0.15, -0.1) is 0 Å².